The van der Waals surface area contributed by atoms with Crippen LogP contribution in [0.25, 0.3) is 0 Å². The van der Waals surface area contributed by atoms with Crippen molar-refractivity contribution >= 4 is 0 Å². The van der Waals surface area contributed by atoms with E-state index in [1.54, 1.807) is 32.1 Å². The molecule has 0 heteroatoms. The molecule has 0 aromatic rings. The molecule has 580 valence electrons. The summed E-state index contributed by atoms with van der Waals surface area (Å²) in [5, 5.41) is 0. The Hall–Kier alpha value is 0. The van der Waals surface area contributed by atoms with E-state index >= 15 is 0 Å². The Morgan fingerprint density at radius 1 is 0.112 bits per heavy atom. The van der Waals surface area contributed by atoms with Gasteiger partial charge >= 0.3 is 0 Å². The monoisotopic (exact) mass is 1370 g/mol. The van der Waals surface area contributed by atoms with Crippen LogP contribution < -0.4 is 0 Å². The molecule has 0 N–H and O–H groups in total. The zero-order chi connectivity index (χ0) is 72.7. The summed E-state index contributed by atoms with van der Waals surface area (Å²) in [6.45, 7) is 72.9. The first-order chi connectivity index (χ1) is 46.5. The van der Waals surface area contributed by atoms with E-state index in [0.29, 0.717) is 53.3 Å². The van der Waals surface area contributed by atoms with Gasteiger partial charge in [-0.3, -0.25) is 0 Å². The predicted molar refractivity (Wildman–Crippen MR) is 442 cm³/mol. The molecule has 0 radical (unpaired) electrons. The molecule has 0 saturated heterocycles. The molecule has 8 bridgehead atoms. The van der Waals surface area contributed by atoms with E-state index in [9.17, 15) is 0 Å². The second-order valence-electron chi connectivity index (χ2n) is 40.9. The molecule has 0 aliphatic heterocycles. The number of rotatable bonds is 0. The normalized spacial score (nSPS) is 48.2. The quantitative estimate of drug-likeness (QED) is 0.227. The van der Waals surface area contributed by atoms with Gasteiger partial charge in [0.15, 0.2) is 0 Å². The second-order valence-corrected chi connectivity index (χ2v) is 40.9. The van der Waals surface area contributed by atoms with Crippen molar-refractivity contribution in [3.8, 4) is 0 Å². The zero-order valence-corrected chi connectivity index (χ0v) is 72.7. The van der Waals surface area contributed by atoms with Crippen LogP contribution in [0.4, 0.5) is 0 Å². The lowest BCUT2D eigenvalue weighted by Gasteiger charge is -2.53. The van der Waals surface area contributed by atoms with Gasteiger partial charge in [-0.05, 0) is 246 Å². The Morgan fingerprint density at radius 2 is 0.296 bits per heavy atom. The summed E-state index contributed by atoms with van der Waals surface area (Å²) >= 11 is 0. The fourth-order valence-corrected chi connectivity index (χ4v) is 25.3. The SMILES string of the molecule is CC1CCCCCCCCCCCCCCCCCCCCCCCCCCC2CCC(C(C)C(C)C(C)C(C)C(C)C(C)C(C)C(C)C(C)C(C)C(C)C(C)C(C)C(C)C(C)C(C)C(C)C(C)C(C)C(C)C1C)C(C)C(C)C1CCC2C2CC(C3CCCCC2C3)C(C)C(C)C1C. The highest BCUT2D eigenvalue weighted by molar-refractivity contribution is 4.99. The first kappa shape index (κ1) is 88.6. The molecule has 0 heterocycles. The predicted octanol–water partition coefficient (Wildman–Crippen LogP) is 32.2. The van der Waals surface area contributed by atoms with Gasteiger partial charge in [0.05, 0.1) is 0 Å². The van der Waals surface area contributed by atoms with Gasteiger partial charge in [0.2, 0.25) is 0 Å². The summed E-state index contributed by atoms with van der Waals surface area (Å²) in [5.74, 6) is 27.8. The molecule has 0 nitrogen and oxygen atoms in total. The van der Waals surface area contributed by atoms with Crippen LogP contribution >= 0.6 is 0 Å². The standard InChI is InChI=1S/C98H188/c1-64-54-50-48-46-44-42-40-38-36-34-32-30-28-29-31-33-35-37-39-41-43-45-47-49-51-55-91-58-59-94(89(26)90(27)95-60-61-96(91)98-63-97(88(25)85(22)87(95)24)92-56-52-53-57-93(98)62-92)86(23)84(21)83(20)82(19)81(18)80(17)79(16)78(15)77(14)76(13)75(12)74(11)73(10)72(9)71(8)70(7)69(6)68(5)67(4)66(3)65(64)2/h64-98H,28-63H2,1-27H3. The van der Waals surface area contributed by atoms with Gasteiger partial charge in [-0.1, -0.05) is 380 Å². The van der Waals surface area contributed by atoms with Crippen LogP contribution in [0.3, 0.4) is 0 Å². The molecule has 35 unspecified atom stereocenters. The van der Waals surface area contributed by atoms with Crippen molar-refractivity contribution in [3.05, 3.63) is 0 Å². The Kier molecular flexibility index (Phi) is 40.7. The minimum Gasteiger partial charge on any atom is -0.0622 e. The maximum Gasteiger partial charge on any atom is -0.0352 e. The zero-order valence-electron chi connectivity index (χ0n) is 72.7. The van der Waals surface area contributed by atoms with E-state index in [1.165, 1.54) is 199 Å². The Labute approximate surface area is 621 Å². The largest absolute Gasteiger partial charge is 0.0622 e. The lowest BCUT2D eigenvalue weighted by atomic mass is 9.52. The maximum atomic E-state index is 2.82. The van der Waals surface area contributed by atoms with Crippen LogP contribution in [0.1, 0.15) is 418 Å². The Balaban J connectivity index is 1.31. The van der Waals surface area contributed by atoms with E-state index in [0.717, 1.165) is 154 Å². The van der Waals surface area contributed by atoms with Crippen LogP contribution in [0.5, 0.6) is 0 Å². The van der Waals surface area contributed by atoms with Gasteiger partial charge < -0.3 is 0 Å². The number of hydrogen-bond acceptors (Lipinski definition) is 0. The van der Waals surface area contributed by atoms with Crippen molar-refractivity contribution in [1.29, 1.82) is 0 Å². The summed E-state index contributed by atoms with van der Waals surface area (Å²) < 4.78 is 0. The summed E-state index contributed by atoms with van der Waals surface area (Å²) in [6.07, 6.45) is 53.9. The molecule has 5 saturated carbocycles. The van der Waals surface area contributed by atoms with Gasteiger partial charge in [0.1, 0.15) is 0 Å². The summed E-state index contributed by atoms with van der Waals surface area (Å²) in [5.41, 5.74) is 0. The van der Waals surface area contributed by atoms with E-state index in [4.69, 9.17) is 0 Å². The molecule has 5 fully saturated rings. The molecule has 98 heavy (non-hydrogen) atoms. The molecule has 35 atom stereocenters. The van der Waals surface area contributed by atoms with E-state index in [1.807, 2.05) is 0 Å². The van der Waals surface area contributed by atoms with Crippen molar-refractivity contribution in [3.63, 3.8) is 0 Å². The first-order valence-corrected chi connectivity index (χ1v) is 46.5. The molecular weight excluding hydrogens is 1180 g/mol. The fourth-order valence-electron chi connectivity index (χ4n) is 25.3. The average Bonchev–Trinajstić information content (AvgIpc) is 1.13. The Bertz CT molecular complexity index is 2010. The van der Waals surface area contributed by atoms with Gasteiger partial charge in [-0.15, -0.1) is 0 Å². The first-order valence-electron chi connectivity index (χ1n) is 46.5. The van der Waals surface area contributed by atoms with Gasteiger partial charge in [0.25, 0.3) is 0 Å². The summed E-state index contributed by atoms with van der Waals surface area (Å²) in [6, 6.07) is 0. The van der Waals surface area contributed by atoms with Crippen molar-refractivity contribution < 1.29 is 0 Å². The van der Waals surface area contributed by atoms with Crippen molar-refractivity contribution in [2.45, 2.75) is 418 Å². The molecule has 5 aliphatic carbocycles. The minimum absolute atomic E-state index is 0.711. The lowest BCUT2D eigenvalue weighted by Crippen LogP contribution is -2.45. The Morgan fingerprint density at radius 3 is 0.602 bits per heavy atom. The van der Waals surface area contributed by atoms with Crippen molar-refractivity contribution in [2.75, 3.05) is 0 Å². The molecule has 0 spiro atoms. The molecule has 5 aliphatic rings. The van der Waals surface area contributed by atoms with Gasteiger partial charge in [-0.2, -0.15) is 0 Å². The van der Waals surface area contributed by atoms with Crippen LogP contribution in [0.15, 0.2) is 0 Å². The van der Waals surface area contributed by atoms with Crippen LogP contribution in [-0.4, -0.2) is 0 Å². The number of hydrogen-bond donors (Lipinski definition) is 0. The van der Waals surface area contributed by atoms with E-state index in [-0.39, 0.29) is 0 Å². The number of fused-ring (bicyclic) bond motifs is 14. The van der Waals surface area contributed by atoms with Crippen molar-refractivity contribution in [1.82, 2.24) is 0 Å². The highest BCUT2D eigenvalue weighted by Crippen LogP contribution is 2.58. The molecule has 0 aromatic carbocycles. The third-order valence-corrected chi connectivity index (χ3v) is 37.0. The van der Waals surface area contributed by atoms with Crippen LogP contribution in [0.2, 0.25) is 0 Å². The lowest BCUT2D eigenvalue weighted by molar-refractivity contribution is -0.0367. The van der Waals surface area contributed by atoms with Gasteiger partial charge in [0, 0.05) is 0 Å². The van der Waals surface area contributed by atoms with Crippen molar-refractivity contribution in [2.24, 2.45) is 207 Å². The molecule has 0 aromatic heterocycles. The topological polar surface area (TPSA) is 0 Å². The summed E-state index contributed by atoms with van der Waals surface area (Å²) in [7, 11) is 0. The van der Waals surface area contributed by atoms with Crippen LogP contribution in [-0.2, 0) is 0 Å². The molecular formula is C98H188. The van der Waals surface area contributed by atoms with Crippen LogP contribution in [0, 0.1) is 207 Å². The minimum atomic E-state index is 0.711. The van der Waals surface area contributed by atoms with E-state index < -0.39 is 0 Å². The second kappa shape index (κ2) is 45.0. The molecule has 0 amide bonds. The fraction of sp³-hybridized carbons (Fsp3) is 1.00. The smallest absolute Gasteiger partial charge is 0.0352 e. The third kappa shape index (κ3) is 25.0. The third-order valence-electron chi connectivity index (χ3n) is 37.0. The average molecular weight is 1370 g/mol. The highest BCUT2D eigenvalue weighted by atomic mass is 14.6. The molecule has 5 rings (SSSR count). The summed E-state index contributed by atoms with van der Waals surface area (Å²) in [4.78, 5) is 0. The highest BCUT2D eigenvalue weighted by Gasteiger charge is 2.50. The van der Waals surface area contributed by atoms with Gasteiger partial charge in [-0.25, -0.2) is 0 Å². The maximum absolute atomic E-state index is 2.82. The van der Waals surface area contributed by atoms with E-state index in [2.05, 4.69) is 187 Å².